The van der Waals surface area contributed by atoms with Crippen molar-refractivity contribution in [2.45, 2.75) is 24.7 Å². The summed E-state index contributed by atoms with van der Waals surface area (Å²) in [6.45, 7) is 2.13. The van der Waals surface area contributed by atoms with E-state index in [2.05, 4.69) is 19.1 Å². The van der Waals surface area contributed by atoms with Gasteiger partial charge in [-0.25, -0.2) is 0 Å². The van der Waals surface area contributed by atoms with Crippen molar-refractivity contribution in [2.75, 3.05) is 5.75 Å². The Morgan fingerprint density at radius 1 is 1.26 bits per heavy atom. The van der Waals surface area contributed by atoms with Gasteiger partial charge in [0.05, 0.1) is 5.75 Å². The highest BCUT2D eigenvalue weighted by Crippen LogP contribution is 2.23. The Kier molecular flexibility index (Phi) is 5.49. The van der Waals surface area contributed by atoms with Crippen LogP contribution in [-0.4, -0.2) is 11.5 Å². The fraction of sp³-hybridized carbons (Fsp3) is 0.267. The van der Waals surface area contributed by atoms with Crippen molar-refractivity contribution in [3.8, 4) is 0 Å². The highest BCUT2D eigenvalue weighted by molar-refractivity contribution is 8.00. The molecule has 0 aliphatic rings. The Bertz CT molecular complexity index is 563. The van der Waals surface area contributed by atoms with Gasteiger partial charge in [-0.3, -0.25) is 4.79 Å². The zero-order valence-electron chi connectivity index (χ0n) is 10.7. The lowest BCUT2D eigenvalue weighted by molar-refractivity contribution is -0.115. The smallest absolute Gasteiger partial charge is 0.148 e. The summed E-state index contributed by atoms with van der Waals surface area (Å²) in [6.07, 6.45) is 1.58. The van der Waals surface area contributed by atoms with Crippen molar-refractivity contribution >= 4 is 40.5 Å². The van der Waals surface area contributed by atoms with Crippen LogP contribution in [0, 0.1) is 0 Å². The van der Waals surface area contributed by atoms with Crippen LogP contribution in [0.25, 0.3) is 0 Å². The predicted octanol–water partition coefficient (Wildman–Crippen LogP) is 4.87. The maximum absolute atomic E-state index is 11.9. The molecule has 0 spiro atoms. The lowest BCUT2D eigenvalue weighted by Gasteiger charge is -2.01. The van der Waals surface area contributed by atoms with Gasteiger partial charge >= 0.3 is 0 Å². The van der Waals surface area contributed by atoms with Gasteiger partial charge in [0.1, 0.15) is 5.78 Å². The number of rotatable bonds is 6. The van der Waals surface area contributed by atoms with Crippen LogP contribution < -0.4 is 0 Å². The number of hydrogen-bond donors (Lipinski definition) is 0. The van der Waals surface area contributed by atoms with Crippen LogP contribution in [-0.2, 0) is 17.6 Å². The Hall–Kier alpha value is -0.770. The van der Waals surface area contributed by atoms with E-state index in [1.165, 1.54) is 4.88 Å². The van der Waals surface area contributed by atoms with Gasteiger partial charge in [0.25, 0.3) is 0 Å². The van der Waals surface area contributed by atoms with E-state index in [1.807, 2.05) is 24.3 Å². The molecule has 0 radical (unpaired) electrons. The first-order valence-corrected chi connectivity index (χ1v) is 8.33. The molecule has 1 aromatic carbocycles. The summed E-state index contributed by atoms with van der Waals surface area (Å²) in [5, 5.41) is 0.711. The molecule has 100 valence electrons. The second kappa shape index (κ2) is 7.13. The molecule has 19 heavy (non-hydrogen) atoms. The van der Waals surface area contributed by atoms with Crippen LogP contribution in [0.4, 0.5) is 0 Å². The molecular formula is C15H15ClOS2. The van der Waals surface area contributed by atoms with Crippen LogP contribution >= 0.6 is 34.7 Å². The van der Waals surface area contributed by atoms with Crippen LogP contribution in [0.5, 0.6) is 0 Å². The van der Waals surface area contributed by atoms with Gasteiger partial charge in [-0.1, -0.05) is 24.6 Å². The van der Waals surface area contributed by atoms with Gasteiger partial charge in [0, 0.05) is 26.1 Å². The number of halogens is 1. The number of aryl methyl sites for hydroxylation is 1. The first kappa shape index (κ1) is 14.6. The van der Waals surface area contributed by atoms with Crippen molar-refractivity contribution in [2.24, 2.45) is 0 Å². The van der Waals surface area contributed by atoms with Crippen molar-refractivity contribution in [1.82, 2.24) is 0 Å². The summed E-state index contributed by atoms with van der Waals surface area (Å²) < 4.78 is 0. The number of carbonyl (C=O) groups is 1. The second-order valence-corrected chi connectivity index (χ2v) is 6.92. The van der Waals surface area contributed by atoms with E-state index in [1.54, 1.807) is 23.1 Å². The fourth-order valence-electron chi connectivity index (χ4n) is 1.67. The van der Waals surface area contributed by atoms with E-state index in [0.717, 1.165) is 16.2 Å². The molecule has 0 amide bonds. The molecule has 2 aromatic rings. The molecule has 2 rings (SSSR count). The molecule has 0 fully saturated rings. The molecule has 0 aliphatic carbocycles. The SMILES string of the molecule is CCc1ccc(CC(=O)CSc2cccc(Cl)c2)s1. The van der Waals surface area contributed by atoms with E-state index in [0.29, 0.717) is 17.2 Å². The molecule has 1 heterocycles. The molecule has 0 bridgehead atoms. The third-order valence-corrected chi connectivity index (χ3v) is 5.15. The van der Waals surface area contributed by atoms with Gasteiger partial charge in [-0.15, -0.1) is 23.1 Å². The molecule has 1 nitrogen and oxygen atoms in total. The van der Waals surface area contributed by atoms with Gasteiger partial charge in [-0.05, 0) is 36.8 Å². The van der Waals surface area contributed by atoms with Gasteiger partial charge < -0.3 is 0 Å². The Balaban J connectivity index is 1.84. The lowest BCUT2D eigenvalue weighted by Crippen LogP contribution is -2.04. The average Bonchev–Trinajstić information content (AvgIpc) is 2.84. The Labute approximate surface area is 127 Å². The van der Waals surface area contributed by atoms with Crippen molar-refractivity contribution in [1.29, 1.82) is 0 Å². The minimum absolute atomic E-state index is 0.259. The summed E-state index contributed by atoms with van der Waals surface area (Å²) in [4.78, 5) is 15.5. The summed E-state index contributed by atoms with van der Waals surface area (Å²) in [6, 6.07) is 11.8. The first-order valence-electron chi connectivity index (χ1n) is 6.15. The van der Waals surface area contributed by atoms with E-state index in [9.17, 15) is 4.79 Å². The number of Topliss-reactive ketones (excluding diaryl/α,β-unsaturated/α-hetero) is 1. The molecular weight excluding hydrogens is 296 g/mol. The Morgan fingerprint density at radius 3 is 2.74 bits per heavy atom. The van der Waals surface area contributed by atoms with E-state index in [-0.39, 0.29) is 5.78 Å². The number of carbonyl (C=O) groups excluding carboxylic acids is 1. The fourth-order valence-corrected chi connectivity index (χ4v) is 3.73. The minimum atomic E-state index is 0.259. The predicted molar refractivity (Wildman–Crippen MR) is 84.6 cm³/mol. The minimum Gasteiger partial charge on any atom is -0.298 e. The third kappa shape index (κ3) is 4.68. The average molecular weight is 311 g/mol. The normalized spacial score (nSPS) is 10.6. The number of thiophene rings is 1. The van der Waals surface area contributed by atoms with Crippen LogP contribution in [0.3, 0.4) is 0 Å². The van der Waals surface area contributed by atoms with Crippen molar-refractivity contribution < 1.29 is 4.79 Å². The molecule has 0 saturated heterocycles. The zero-order valence-corrected chi connectivity index (χ0v) is 13.1. The quantitative estimate of drug-likeness (QED) is 0.708. The maximum atomic E-state index is 11.9. The van der Waals surface area contributed by atoms with Gasteiger partial charge in [0.2, 0.25) is 0 Å². The maximum Gasteiger partial charge on any atom is 0.148 e. The van der Waals surface area contributed by atoms with Crippen molar-refractivity contribution in [3.05, 3.63) is 51.2 Å². The molecule has 0 unspecified atom stereocenters. The molecule has 0 atom stereocenters. The monoisotopic (exact) mass is 310 g/mol. The van der Waals surface area contributed by atoms with Crippen LogP contribution in [0.1, 0.15) is 16.7 Å². The van der Waals surface area contributed by atoms with Gasteiger partial charge in [0.15, 0.2) is 0 Å². The Morgan fingerprint density at radius 2 is 2.05 bits per heavy atom. The number of benzene rings is 1. The van der Waals surface area contributed by atoms with E-state index in [4.69, 9.17) is 11.6 Å². The first-order chi connectivity index (χ1) is 9.17. The molecule has 0 saturated carbocycles. The largest absolute Gasteiger partial charge is 0.298 e. The van der Waals surface area contributed by atoms with Crippen LogP contribution in [0.2, 0.25) is 5.02 Å². The second-order valence-electron chi connectivity index (χ2n) is 4.18. The summed E-state index contributed by atoms with van der Waals surface area (Å²) >= 11 is 9.19. The summed E-state index contributed by atoms with van der Waals surface area (Å²) in [7, 11) is 0. The summed E-state index contributed by atoms with van der Waals surface area (Å²) in [5.41, 5.74) is 0. The van der Waals surface area contributed by atoms with Crippen molar-refractivity contribution in [3.63, 3.8) is 0 Å². The molecule has 0 aliphatic heterocycles. The highest BCUT2D eigenvalue weighted by Gasteiger charge is 2.07. The van der Waals surface area contributed by atoms with E-state index < -0.39 is 0 Å². The topological polar surface area (TPSA) is 17.1 Å². The highest BCUT2D eigenvalue weighted by atomic mass is 35.5. The number of ketones is 1. The third-order valence-electron chi connectivity index (χ3n) is 2.63. The zero-order chi connectivity index (χ0) is 13.7. The number of hydrogen-bond acceptors (Lipinski definition) is 3. The lowest BCUT2D eigenvalue weighted by atomic mass is 10.2. The standard InChI is InChI=1S/C15H15ClOS2/c1-2-13-6-7-15(19-13)9-12(17)10-18-14-5-3-4-11(16)8-14/h3-8H,2,9-10H2,1H3. The number of thioether (sulfide) groups is 1. The molecule has 1 aromatic heterocycles. The van der Waals surface area contributed by atoms with E-state index >= 15 is 0 Å². The summed E-state index contributed by atoms with van der Waals surface area (Å²) in [5.74, 6) is 0.758. The molecule has 0 N–H and O–H groups in total. The van der Waals surface area contributed by atoms with Gasteiger partial charge in [-0.2, -0.15) is 0 Å². The van der Waals surface area contributed by atoms with Crippen LogP contribution in [0.15, 0.2) is 41.3 Å². The molecule has 4 heteroatoms.